The standard InChI is InChI=1S/C24H29N3O6S2/c1-5-27-21-19(32-3)10-11-20(33-4)22(21)34-24(27)25-23(28)16-12-14-26(15-13-16)35(29,30)18-8-6-17(31-2)7-9-18/h6-11,16H,5,12-15H2,1-4H3. The Morgan fingerprint density at radius 1 is 1.00 bits per heavy atom. The molecule has 1 aromatic heterocycles. The fraction of sp³-hybridized carbons (Fsp3) is 0.417. The highest BCUT2D eigenvalue weighted by molar-refractivity contribution is 7.89. The van der Waals surface area contributed by atoms with Crippen LogP contribution in [0.5, 0.6) is 17.2 Å². The first-order valence-corrected chi connectivity index (χ1v) is 13.6. The molecule has 0 saturated carbocycles. The Kier molecular flexibility index (Phi) is 7.48. The molecule has 2 heterocycles. The Labute approximate surface area is 208 Å². The number of hydrogen-bond donors (Lipinski definition) is 0. The van der Waals surface area contributed by atoms with Crippen LogP contribution >= 0.6 is 11.3 Å². The van der Waals surface area contributed by atoms with E-state index in [0.29, 0.717) is 41.4 Å². The van der Waals surface area contributed by atoms with Crippen LogP contribution in [0.15, 0.2) is 46.3 Å². The molecule has 0 aliphatic carbocycles. The van der Waals surface area contributed by atoms with Crippen LogP contribution in [0.25, 0.3) is 10.2 Å². The Morgan fingerprint density at radius 3 is 2.20 bits per heavy atom. The number of nitrogens with zero attached hydrogens (tertiary/aromatic N) is 3. The number of hydrogen-bond acceptors (Lipinski definition) is 7. The molecule has 11 heteroatoms. The van der Waals surface area contributed by atoms with Gasteiger partial charge in [-0.2, -0.15) is 9.30 Å². The van der Waals surface area contributed by atoms with Crippen molar-refractivity contribution in [1.29, 1.82) is 0 Å². The SMILES string of the molecule is CCn1c(=NC(=O)C2CCN(S(=O)(=O)c3ccc(OC)cc3)CC2)sc2c(OC)ccc(OC)c21. The summed E-state index contributed by atoms with van der Waals surface area (Å²) in [5.41, 5.74) is 0.839. The van der Waals surface area contributed by atoms with Crippen molar-refractivity contribution in [2.24, 2.45) is 10.9 Å². The largest absolute Gasteiger partial charge is 0.497 e. The molecule has 3 aromatic rings. The fourth-order valence-electron chi connectivity index (χ4n) is 4.26. The number of ether oxygens (including phenoxy) is 3. The number of aryl methyl sites for hydroxylation is 1. The maximum Gasteiger partial charge on any atom is 0.251 e. The minimum atomic E-state index is -3.63. The summed E-state index contributed by atoms with van der Waals surface area (Å²) in [6.07, 6.45) is 0.836. The van der Waals surface area contributed by atoms with Crippen LogP contribution in [0.4, 0.5) is 0 Å². The molecule has 1 aliphatic rings. The molecule has 0 atom stereocenters. The number of fused-ring (bicyclic) bond motifs is 1. The summed E-state index contributed by atoms with van der Waals surface area (Å²) in [7, 11) is 1.11. The van der Waals surface area contributed by atoms with Crippen molar-refractivity contribution in [1.82, 2.24) is 8.87 Å². The lowest BCUT2D eigenvalue weighted by molar-refractivity contribution is -0.122. The van der Waals surface area contributed by atoms with Crippen molar-refractivity contribution in [3.8, 4) is 17.2 Å². The average Bonchev–Trinajstić information content (AvgIpc) is 3.26. The normalized spacial score (nSPS) is 15.9. The van der Waals surface area contributed by atoms with Crippen LogP contribution in [0.3, 0.4) is 0 Å². The Morgan fingerprint density at radius 2 is 1.63 bits per heavy atom. The first kappa shape index (κ1) is 25.2. The van der Waals surface area contributed by atoms with Gasteiger partial charge in [-0.25, -0.2) is 8.42 Å². The van der Waals surface area contributed by atoms with Crippen LogP contribution < -0.4 is 19.0 Å². The quantitative estimate of drug-likeness (QED) is 0.475. The molecule has 0 N–H and O–H groups in total. The van der Waals surface area contributed by atoms with Gasteiger partial charge < -0.3 is 18.8 Å². The van der Waals surface area contributed by atoms with Crippen LogP contribution in [0.2, 0.25) is 0 Å². The number of carbonyl (C=O) groups excluding carboxylic acids is 1. The van der Waals surface area contributed by atoms with E-state index in [0.717, 1.165) is 10.2 Å². The lowest BCUT2D eigenvalue weighted by Crippen LogP contribution is -2.40. The van der Waals surface area contributed by atoms with E-state index < -0.39 is 10.0 Å². The number of thiazole rings is 1. The topological polar surface area (TPSA) is 99.4 Å². The Bertz CT molecular complexity index is 1390. The van der Waals surface area contributed by atoms with Crippen molar-refractivity contribution in [2.45, 2.75) is 31.2 Å². The van der Waals surface area contributed by atoms with Gasteiger partial charge in [0.05, 0.1) is 26.2 Å². The third kappa shape index (κ3) is 4.80. The van der Waals surface area contributed by atoms with E-state index in [4.69, 9.17) is 14.2 Å². The molecular weight excluding hydrogens is 490 g/mol. The third-order valence-corrected chi connectivity index (χ3v) is 9.22. The van der Waals surface area contributed by atoms with Crippen molar-refractivity contribution >= 4 is 37.5 Å². The van der Waals surface area contributed by atoms with Gasteiger partial charge in [0.15, 0.2) is 4.80 Å². The smallest absolute Gasteiger partial charge is 0.251 e. The maximum atomic E-state index is 13.1. The molecule has 188 valence electrons. The van der Waals surface area contributed by atoms with Crippen LogP contribution in [0.1, 0.15) is 19.8 Å². The van der Waals surface area contributed by atoms with E-state index in [9.17, 15) is 13.2 Å². The second-order valence-corrected chi connectivity index (χ2v) is 11.0. The van der Waals surface area contributed by atoms with Crippen molar-refractivity contribution in [3.05, 3.63) is 41.2 Å². The highest BCUT2D eigenvalue weighted by atomic mass is 32.2. The van der Waals surface area contributed by atoms with E-state index >= 15 is 0 Å². The lowest BCUT2D eigenvalue weighted by atomic mass is 9.98. The molecule has 4 rings (SSSR count). The van der Waals surface area contributed by atoms with Crippen LogP contribution in [-0.2, 0) is 21.4 Å². The first-order valence-electron chi connectivity index (χ1n) is 11.3. The van der Waals surface area contributed by atoms with Gasteiger partial charge in [-0.3, -0.25) is 4.79 Å². The zero-order valence-electron chi connectivity index (χ0n) is 20.2. The van der Waals surface area contributed by atoms with Gasteiger partial charge in [0.1, 0.15) is 27.5 Å². The molecule has 1 fully saturated rings. The molecule has 35 heavy (non-hydrogen) atoms. The second-order valence-electron chi connectivity index (χ2n) is 8.08. The van der Waals surface area contributed by atoms with Gasteiger partial charge in [0, 0.05) is 25.6 Å². The lowest BCUT2D eigenvalue weighted by Gasteiger charge is -2.29. The number of benzene rings is 2. The predicted molar refractivity (Wildman–Crippen MR) is 134 cm³/mol. The zero-order valence-corrected chi connectivity index (χ0v) is 21.8. The van der Waals surface area contributed by atoms with Gasteiger partial charge in [-0.15, -0.1) is 0 Å². The highest BCUT2D eigenvalue weighted by Crippen LogP contribution is 2.35. The van der Waals surface area contributed by atoms with E-state index in [1.54, 1.807) is 26.4 Å². The number of methoxy groups -OCH3 is 3. The number of sulfonamides is 1. The first-order chi connectivity index (χ1) is 16.8. The molecule has 0 unspecified atom stereocenters. The summed E-state index contributed by atoms with van der Waals surface area (Å²) in [5.74, 6) is 1.40. The van der Waals surface area contributed by atoms with Gasteiger partial charge in [-0.1, -0.05) is 11.3 Å². The molecule has 1 amide bonds. The van der Waals surface area contributed by atoms with Crippen molar-refractivity contribution in [3.63, 3.8) is 0 Å². The minimum absolute atomic E-state index is 0.213. The third-order valence-electron chi connectivity index (χ3n) is 6.21. The summed E-state index contributed by atoms with van der Waals surface area (Å²) < 4.78 is 46.4. The van der Waals surface area contributed by atoms with Crippen molar-refractivity contribution < 1.29 is 27.4 Å². The Balaban J connectivity index is 1.55. The maximum absolute atomic E-state index is 13.1. The van der Waals surface area contributed by atoms with Crippen LogP contribution in [0, 0.1) is 5.92 Å². The summed E-state index contributed by atoms with van der Waals surface area (Å²) in [4.78, 5) is 18.3. The van der Waals surface area contributed by atoms with Crippen molar-refractivity contribution in [2.75, 3.05) is 34.4 Å². The molecule has 9 nitrogen and oxygen atoms in total. The Hall–Kier alpha value is -2.89. The van der Waals surface area contributed by atoms with Gasteiger partial charge in [0.2, 0.25) is 10.0 Å². The average molecular weight is 520 g/mol. The van der Waals surface area contributed by atoms with E-state index in [2.05, 4.69) is 4.99 Å². The zero-order chi connectivity index (χ0) is 25.2. The number of carbonyl (C=O) groups is 1. The number of amides is 1. The molecule has 0 spiro atoms. The number of aromatic nitrogens is 1. The molecule has 0 radical (unpaired) electrons. The molecule has 0 bridgehead atoms. The molecule has 1 aliphatic heterocycles. The van der Waals surface area contributed by atoms with E-state index in [1.807, 2.05) is 23.6 Å². The minimum Gasteiger partial charge on any atom is -0.497 e. The molecule has 1 saturated heterocycles. The number of piperidine rings is 1. The fourth-order valence-corrected chi connectivity index (χ4v) is 6.94. The van der Waals surface area contributed by atoms with Gasteiger partial charge in [-0.05, 0) is 56.2 Å². The molecular formula is C24H29N3O6S2. The summed E-state index contributed by atoms with van der Waals surface area (Å²) in [5, 5.41) is 0. The van der Waals surface area contributed by atoms with E-state index in [1.165, 1.54) is 34.9 Å². The van der Waals surface area contributed by atoms with Gasteiger partial charge >= 0.3 is 0 Å². The molecule has 2 aromatic carbocycles. The monoisotopic (exact) mass is 519 g/mol. The predicted octanol–water partition coefficient (Wildman–Crippen LogP) is 3.28. The van der Waals surface area contributed by atoms with Gasteiger partial charge in [0.25, 0.3) is 5.91 Å². The summed E-state index contributed by atoms with van der Waals surface area (Å²) in [6, 6.07) is 10.00. The highest BCUT2D eigenvalue weighted by Gasteiger charge is 2.32. The van der Waals surface area contributed by atoms with Crippen LogP contribution in [-0.4, -0.2) is 57.6 Å². The number of rotatable bonds is 7. The summed E-state index contributed by atoms with van der Waals surface area (Å²) in [6.45, 7) is 3.12. The van der Waals surface area contributed by atoms with E-state index in [-0.39, 0.29) is 29.8 Å². The second kappa shape index (κ2) is 10.4. The summed E-state index contributed by atoms with van der Waals surface area (Å²) >= 11 is 1.38.